The van der Waals surface area contributed by atoms with Gasteiger partial charge in [-0.15, -0.1) is 0 Å². The van der Waals surface area contributed by atoms with Gasteiger partial charge in [0.25, 0.3) is 11.8 Å². The van der Waals surface area contributed by atoms with E-state index in [4.69, 9.17) is 19.5 Å². The molecular weight excluding hydrogens is 499 g/mol. The molecule has 4 aliphatic rings. The Kier molecular flexibility index (Phi) is 7.95. The Labute approximate surface area is 211 Å². The maximum Gasteiger partial charge on any atom is 0.490 e. The molecule has 13 heteroatoms. The van der Waals surface area contributed by atoms with Crippen LogP contribution in [0.15, 0.2) is 24.3 Å². The molecule has 0 aromatic heterocycles. The van der Waals surface area contributed by atoms with Crippen LogP contribution >= 0.6 is 0 Å². The van der Waals surface area contributed by atoms with Crippen LogP contribution in [0.3, 0.4) is 0 Å². The summed E-state index contributed by atoms with van der Waals surface area (Å²) in [6.45, 7) is 4.13. The topological polar surface area (TPSA) is 120 Å². The quantitative estimate of drug-likeness (QED) is 0.607. The third-order valence-corrected chi connectivity index (χ3v) is 6.78. The van der Waals surface area contributed by atoms with Gasteiger partial charge in [0.1, 0.15) is 17.4 Å². The SMILES string of the molecule is O=C(O)C(F)(F)F.O=C(c1cccc(O)c1)N1CC2(C1)CN(CC1CC1)C(C(=O)N1CCCCO1)CO2. The molecule has 0 bridgehead atoms. The molecule has 1 aromatic rings. The lowest BCUT2D eigenvalue weighted by Gasteiger charge is -2.55. The molecule has 1 unspecified atom stereocenters. The van der Waals surface area contributed by atoms with Gasteiger partial charge in [-0.2, -0.15) is 13.2 Å². The predicted molar refractivity (Wildman–Crippen MR) is 121 cm³/mol. The number of carbonyl (C=O) groups is 3. The van der Waals surface area contributed by atoms with Crippen LogP contribution in [-0.2, 0) is 19.2 Å². The summed E-state index contributed by atoms with van der Waals surface area (Å²) >= 11 is 0. The molecule has 5 rings (SSSR count). The molecule has 2 N–H and O–H groups in total. The number of phenols is 1. The summed E-state index contributed by atoms with van der Waals surface area (Å²) in [5.41, 5.74) is 0.0618. The highest BCUT2D eigenvalue weighted by Crippen LogP contribution is 2.36. The first-order valence-electron chi connectivity index (χ1n) is 12.2. The van der Waals surface area contributed by atoms with Gasteiger partial charge in [0.2, 0.25) is 0 Å². The molecule has 1 aromatic carbocycles. The number of phenolic OH excluding ortho intramolecular Hbond substituents is 1. The Morgan fingerprint density at radius 1 is 1.11 bits per heavy atom. The molecule has 3 heterocycles. The van der Waals surface area contributed by atoms with E-state index in [0.29, 0.717) is 50.9 Å². The first-order valence-corrected chi connectivity index (χ1v) is 12.2. The van der Waals surface area contributed by atoms with Gasteiger partial charge in [-0.3, -0.25) is 19.3 Å². The second-order valence-corrected chi connectivity index (χ2v) is 9.88. The number of carbonyl (C=O) groups excluding carboxylic acids is 2. The molecule has 0 radical (unpaired) electrons. The van der Waals surface area contributed by atoms with Gasteiger partial charge in [-0.05, 0) is 49.8 Å². The van der Waals surface area contributed by atoms with Crippen molar-refractivity contribution in [3.8, 4) is 5.75 Å². The van der Waals surface area contributed by atoms with Crippen molar-refractivity contribution in [3.05, 3.63) is 29.8 Å². The van der Waals surface area contributed by atoms with Crippen molar-refractivity contribution >= 4 is 17.8 Å². The van der Waals surface area contributed by atoms with Gasteiger partial charge in [0, 0.05) is 25.2 Å². The zero-order chi connectivity index (χ0) is 26.8. The standard InChI is InChI=1S/C22H29N3O5.C2HF3O2/c26-18-5-3-4-17(10-18)20(27)24-14-22(15-24)13-23(11-16-6-7-16)19(12-29-22)21(28)25-8-1-2-9-30-25;3-2(4,5)1(6)7/h3-5,10,16,19,26H,1-2,6-9,11-15H2;(H,6,7). The number of halogens is 3. The zero-order valence-corrected chi connectivity index (χ0v) is 20.2. The average Bonchev–Trinajstić information content (AvgIpc) is 3.66. The third kappa shape index (κ3) is 6.70. The first kappa shape index (κ1) is 27.1. The van der Waals surface area contributed by atoms with E-state index in [-0.39, 0.29) is 23.6 Å². The minimum atomic E-state index is -5.08. The van der Waals surface area contributed by atoms with Crippen LogP contribution in [-0.4, -0.2) is 107 Å². The molecule has 37 heavy (non-hydrogen) atoms. The van der Waals surface area contributed by atoms with Crippen molar-refractivity contribution < 1.29 is 47.3 Å². The van der Waals surface area contributed by atoms with Crippen molar-refractivity contribution in [1.82, 2.24) is 14.9 Å². The van der Waals surface area contributed by atoms with E-state index >= 15 is 0 Å². The van der Waals surface area contributed by atoms with Gasteiger partial charge in [0.05, 0.1) is 26.3 Å². The molecule has 1 spiro atoms. The fourth-order valence-electron chi connectivity index (χ4n) is 4.68. The van der Waals surface area contributed by atoms with Gasteiger partial charge in [0.15, 0.2) is 0 Å². The van der Waals surface area contributed by atoms with Crippen LogP contribution in [0.25, 0.3) is 0 Å². The number of hydrogen-bond donors (Lipinski definition) is 2. The summed E-state index contributed by atoms with van der Waals surface area (Å²) in [5, 5.41) is 18.3. The number of morpholine rings is 1. The molecule has 204 valence electrons. The summed E-state index contributed by atoms with van der Waals surface area (Å²) in [7, 11) is 0. The molecule has 3 saturated heterocycles. The summed E-state index contributed by atoms with van der Waals surface area (Å²) in [4.78, 5) is 44.3. The monoisotopic (exact) mass is 529 g/mol. The van der Waals surface area contributed by atoms with Crippen LogP contribution in [0.5, 0.6) is 5.75 Å². The van der Waals surface area contributed by atoms with Crippen LogP contribution in [0, 0.1) is 5.92 Å². The van der Waals surface area contributed by atoms with Crippen molar-refractivity contribution in [2.24, 2.45) is 5.92 Å². The number of benzene rings is 1. The van der Waals surface area contributed by atoms with E-state index in [1.807, 2.05) is 0 Å². The average molecular weight is 530 g/mol. The molecule has 1 aliphatic carbocycles. The molecule has 1 saturated carbocycles. The Balaban J connectivity index is 0.000000405. The number of amides is 2. The Hall–Kier alpha value is -2.90. The number of aliphatic carboxylic acids is 1. The van der Waals surface area contributed by atoms with E-state index in [0.717, 1.165) is 19.4 Å². The fraction of sp³-hybridized carbons (Fsp3) is 0.625. The maximum absolute atomic E-state index is 13.1. The van der Waals surface area contributed by atoms with E-state index < -0.39 is 17.7 Å². The highest BCUT2D eigenvalue weighted by molar-refractivity contribution is 5.95. The number of ether oxygens (including phenoxy) is 1. The fourth-order valence-corrected chi connectivity index (χ4v) is 4.68. The highest BCUT2D eigenvalue weighted by atomic mass is 19.4. The van der Waals surface area contributed by atoms with Crippen LogP contribution in [0.2, 0.25) is 0 Å². The summed E-state index contributed by atoms with van der Waals surface area (Å²) in [6, 6.07) is 6.11. The zero-order valence-electron chi connectivity index (χ0n) is 20.2. The number of rotatable bonds is 4. The lowest BCUT2D eigenvalue weighted by molar-refractivity contribution is -0.223. The summed E-state index contributed by atoms with van der Waals surface area (Å²) in [6.07, 6.45) is -0.692. The number of carboxylic acids is 1. The van der Waals surface area contributed by atoms with Gasteiger partial charge < -0.3 is 19.8 Å². The van der Waals surface area contributed by atoms with Crippen molar-refractivity contribution in [2.75, 3.05) is 45.9 Å². The molecule has 4 fully saturated rings. The van der Waals surface area contributed by atoms with Crippen LogP contribution < -0.4 is 0 Å². The maximum atomic E-state index is 13.1. The predicted octanol–water partition coefficient (Wildman–Crippen LogP) is 1.88. The molecule has 10 nitrogen and oxygen atoms in total. The minimum Gasteiger partial charge on any atom is -0.508 e. The largest absolute Gasteiger partial charge is 0.508 e. The van der Waals surface area contributed by atoms with Gasteiger partial charge in [-0.1, -0.05) is 6.07 Å². The summed E-state index contributed by atoms with van der Waals surface area (Å²) < 4.78 is 37.9. The number of carboxylic acid groups (broad SMARTS) is 1. The smallest absolute Gasteiger partial charge is 0.490 e. The number of hydroxylamine groups is 2. The Morgan fingerprint density at radius 3 is 2.38 bits per heavy atom. The van der Waals surface area contributed by atoms with Crippen molar-refractivity contribution in [3.63, 3.8) is 0 Å². The summed E-state index contributed by atoms with van der Waals surface area (Å²) in [5.74, 6) is -2.12. The second-order valence-electron chi connectivity index (χ2n) is 9.88. The highest BCUT2D eigenvalue weighted by Gasteiger charge is 2.53. The van der Waals surface area contributed by atoms with Crippen molar-refractivity contribution in [2.45, 2.75) is 43.5 Å². The minimum absolute atomic E-state index is 0.00258. The number of hydrogen-bond acceptors (Lipinski definition) is 7. The van der Waals surface area contributed by atoms with Crippen LogP contribution in [0.1, 0.15) is 36.0 Å². The van der Waals surface area contributed by atoms with Gasteiger partial charge in [-0.25, -0.2) is 9.86 Å². The number of nitrogens with zero attached hydrogens (tertiary/aromatic N) is 3. The third-order valence-electron chi connectivity index (χ3n) is 6.78. The first-order chi connectivity index (χ1) is 17.5. The van der Waals surface area contributed by atoms with E-state index in [1.165, 1.54) is 24.0 Å². The molecule has 1 atom stereocenters. The number of aromatic hydroxyl groups is 1. The number of likely N-dealkylation sites (tertiary alicyclic amines) is 1. The van der Waals surface area contributed by atoms with E-state index in [1.54, 1.807) is 23.1 Å². The van der Waals surface area contributed by atoms with Crippen LogP contribution in [0.4, 0.5) is 13.2 Å². The molecular formula is C24H30F3N3O7. The second kappa shape index (κ2) is 10.8. The normalized spacial score (nSPS) is 23.6. The lowest BCUT2D eigenvalue weighted by atomic mass is 9.89. The molecule has 3 aliphatic heterocycles. The van der Waals surface area contributed by atoms with E-state index in [9.17, 15) is 27.9 Å². The van der Waals surface area contributed by atoms with Crippen molar-refractivity contribution in [1.29, 1.82) is 0 Å². The number of alkyl halides is 3. The Morgan fingerprint density at radius 2 is 1.81 bits per heavy atom. The van der Waals surface area contributed by atoms with E-state index in [2.05, 4.69) is 4.90 Å². The molecule has 2 amide bonds. The van der Waals surface area contributed by atoms with Gasteiger partial charge >= 0.3 is 12.1 Å². The lowest BCUT2D eigenvalue weighted by Crippen LogP contribution is -2.73. The Bertz CT molecular complexity index is 1010.